The van der Waals surface area contributed by atoms with Crippen LogP contribution >= 0.6 is 0 Å². The van der Waals surface area contributed by atoms with Crippen molar-refractivity contribution in [3.63, 3.8) is 0 Å². The van der Waals surface area contributed by atoms with E-state index in [2.05, 4.69) is 5.16 Å². The molecule has 0 amide bonds. The van der Waals surface area contributed by atoms with Gasteiger partial charge in [0.05, 0.1) is 0 Å². The highest BCUT2D eigenvalue weighted by Crippen LogP contribution is 2.33. The highest BCUT2D eigenvalue weighted by molar-refractivity contribution is 5.90. The Morgan fingerprint density at radius 2 is 2.35 bits per heavy atom. The van der Waals surface area contributed by atoms with Crippen molar-refractivity contribution in [3.8, 4) is 11.6 Å². The molecule has 1 heterocycles. The summed E-state index contributed by atoms with van der Waals surface area (Å²) >= 11 is 0. The number of nitrogens with zero attached hydrogens (tertiary/aromatic N) is 1. The quantitative estimate of drug-likeness (QED) is 0.631. The molecule has 0 radical (unpaired) electrons. The van der Waals surface area contributed by atoms with Crippen molar-refractivity contribution in [2.24, 2.45) is 5.73 Å². The largest absolute Gasteiger partial charge is 0.474 e. The molecule has 6 heteroatoms. The summed E-state index contributed by atoms with van der Waals surface area (Å²) in [6, 6.07) is 5.07. The van der Waals surface area contributed by atoms with E-state index in [0.717, 1.165) is 0 Å². The van der Waals surface area contributed by atoms with Gasteiger partial charge in [-0.1, -0.05) is 6.07 Å². The summed E-state index contributed by atoms with van der Waals surface area (Å²) in [5.41, 5.74) is 5.84. The van der Waals surface area contributed by atoms with Crippen LogP contribution < -0.4 is 15.2 Å². The number of esters is 1. The number of ether oxygens (including phenoxy) is 2. The van der Waals surface area contributed by atoms with Gasteiger partial charge >= 0.3 is 5.97 Å². The van der Waals surface area contributed by atoms with Crippen molar-refractivity contribution in [1.82, 2.24) is 5.16 Å². The predicted molar refractivity (Wildman–Crippen MR) is 59.9 cm³/mol. The van der Waals surface area contributed by atoms with Gasteiger partial charge in [-0.3, -0.25) is 4.79 Å². The van der Waals surface area contributed by atoms with Gasteiger partial charge in [-0.2, -0.15) is 0 Å². The minimum atomic E-state index is -0.413. The van der Waals surface area contributed by atoms with E-state index >= 15 is 0 Å². The predicted octanol–water partition coefficient (Wildman–Crippen LogP) is 1.09. The zero-order chi connectivity index (χ0) is 12.3. The summed E-state index contributed by atoms with van der Waals surface area (Å²) in [5.74, 6) is 0.231. The van der Waals surface area contributed by atoms with Gasteiger partial charge in [-0.05, 0) is 17.3 Å². The average Bonchev–Trinajstić information content (AvgIpc) is 2.70. The van der Waals surface area contributed by atoms with Crippen LogP contribution in [-0.4, -0.2) is 24.3 Å². The molecule has 6 nitrogen and oxygen atoms in total. The molecule has 0 bridgehead atoms. The molecule has 2 N–H and O–H groups in total. The van der Waals surface area contributed by atoms with Crippen LogP contribution in [0.15, 0.2) is 22.7 Å². The lowest BCUT2D eigenvalue weighted by molar-refractivity contribution is -0.131. The summed E-state index contributed by atoms with van der Waals surface area (Å²) in [5, 5.41) is 4.29. The maximum Gasteiger partial charge on any atom is 0.308 e. The van der Waals surface area contributed by atoms with Crippen LogP contribution in [0.1, 0.15) is 6.92 Å². The second kappa shape index (κ2) is 4.84. The van der Waals surface area contributed by atoms with E-state index in [1.807, 2.05) is 0 Å². The molecule has 0 saturated carbocycles. The number of rotatable bonds is 4. The summed E-state index contributed by atoms with van der Waals surface area (Å²) in [4.78, 5) is 11.0. The molecule has 0 aliphatic carbocycles. The Morgan fingerprint density at radius 1 is 1.53 bits per heavy atom. The molecular weight excluding hydrogens is 224 g/mol. The van der Waals surface area contributed by atoms with Crippen molar-refractivity contribution in [3.05, 3.63) is 18.2 Å². The Kier molecular flexibility index (Phi) is 3.24. The van der Waals surface area contributed by atoms with Crippen LogP contribution in [0.2, 0.25) is 0 Å². The first kappa shape index (κ1) is 11.4. The first-order chi connectivity index (χ1) is 8.22. The summed E-state index contributed by atoms with van der Waals surface area (Å²) in [6.45, 7) is 2.01. The Labute approximate surface area is 97.3 Å². The summed E-state index contributed by atoms with van der Waals surface area (Å²) < 4.78 is 15.4. The van der Waals surface area contributed by atoms with Crippen LogP contribution in [0.3, 0.4) is 0 Å². The third-order valence-electron chi connectivity index (χ3n) is 2.04. The smallest absolute Gasteiger partial charge is 0.308 e. The Morgan fingerprint density at radius 3 is 3.06 bits per heavy atom. The van der Waals surface area contributed by atoms with Gasteiger partial charge in [-0.25, -0.2) is 0 Å². The van der Waals surface area contributed by atoms with Crippen LogP contribution in [0.25, 0.3) is 11.0 Å². The van der Waals surface area contributed by atoms with Crippen LogP contribution in [-0.2, 0) is 4.79 Å². The van der Waals surface area contributed by atoms with Crippen molar-refractivity contribution in [1.29, 1.82) is 0 Å². The number of carbonyl (C=O) groups is 1. The number of hydrogen-bond acceptors (Lipinski definition) is 6. The second-order valence-corrected chi connectivity index (χ2v) is 3.35. The van der Waals surface area contributed by atoms with Gasteiger partial charge in [0.2, 0.25) is 0 Å². The van der Waals surface area contributed by atoms with E-state index in [1.54, 1.807) is 18.2 Å². The third-order valence-corrected chi connectivity index (χ3v) is 2.04. The van der Waals surface area contributed by atoms with Crippen molar-refractivity contribution >= 4 is 16.9 Å². The van der Waals surface area contributed by atoms with E-state index in [0.29, 0.717) is 29.9 Å². The molecule has 1 aromatic heterocycles. The number of fused-ring (bicyclic) bond motifs is 1. The zero-order valence-electron chi connectivity index (χ0n) is 9.30. The van der Waals surface area contributed by atoms with Crippen LogP contribution in [0.4, 0.5) is 0 Å². The lowest BCUT2D eigenvalue weighted by Crippen LogP contribution is -2.11. The first-order valence-electron chi connectivity index (χ1n) is 5.12. The highest BCUT2D eigenvalue weighted by Gasteiger charge is 2.15. The number of aromatic nitrogens is 1. The third kappa shape index (κ3) is 2.36. The van der Waals surface area contributed by atoms with Crippen molar-refractivity contribution in [2.45, 2.75) is 6.92 Å². The Balaban J connectivity index is 2.43. The summed E-state index contributed by atoms with van der Waals surface area (Å²) in [6.07, 6.45) is 0. The van der Waals surface area contributed by atoms with E-state index in [4.69, 9.17) is 19.7 Å². The minimum Gasteiger partial charge on any atom is -0.474 e. The van der Waals surface area contributed by atoms with Gasteiger partial charge in [0, 0.05) is 13.5 Å². The Bertz CT molecular complexity index is 535. The molecule has 0 fully saturated rings. The molecule has 2 aromatic rings. The lowest BCUT2D eigenvalue weighted by Gasteiger charge is -2.03. The van der Waals surface area contributed by atoms with Gasteiger partial charge in [0.1, 0.15) is 17.7 Å². The zero-order valence-corrected chi connectivity index (χ0v) is 9.30. The molecular formula is C11H12N2O4. The molecule has 0 aliphatic heterocycles. The van der Waals surface area contributed by atoms with Gasteiger partial charge < -0.3 is 19.7 Å². The lowest BCUT2D eigenvalue weighted by atomic mass is 10.2. The van der Waals surface area contributed by atoms with Crippen molar-refractivity contribution in [2.75, 3.05) is 13.2 Å². The second-order valence-electron chi connectivity index (χ2n) is 3.35. The van der Waals surface area contributed by atoms with Gasteiger partial charge in [0.15, 0.2) is 5.58 Å². The number of nitrogens with two attached hydrogens (primary N) is 1. The molecule has 0 saturated heterocycles. The molecule has 17 heavy (non-hydrogen) atoms. The molecule has 0 unspecified atom stereocenters. The fourth-order valence-electron chi connectivity index (χ4n) is 1.43. The minimum absolute atomic E-state index is 0.280. The molecule has 1 aromatic carbocycles. The maximum atomic E-state index is 11.0. The normalized spacial score (nSPS) is 10.5. The average molecular weight is 236 g/mol. The molecule has 0 aliphatic rings. The Hall–Kier alpha value is -2.08. The maximum absolute atomic E-state index is 11.0. The topological polar surface area (TPSA) is 87.6 Å². The van der Waals surface area contributed by atoms with Crippen LogP contribution in [0.5, 0.6) is 11.6 Å². The number of benzene rings is 1. The van der Waals surface area contributed by atoms with Gasteiger partial charge in [-0.15, -0.1) is 0 Å². The summed E-state index contributed by atoms with van der Waals surface area (Å²) in [7, 11) is 0. The molecule has 90 valence electrons. The van der Waals surface area contributed by atoms with Crippen molar-refractivity contribution < 1.29 is 18.8 Å². The number of hydrogen-bond donors (Lipinski definition) is 1. The molecule has 0 spiro atoms. The highest BCUT2D eigenvalue weighted by atomic mass is 16.5. The first-order valence-corrected chi connectivity index (χ1v) is 5.12. The van der Waals surface area contributed by atoms with E-state index in [-0.39, 0.29) is 5.88 Å². The number of carbonyl (C=O) groups excluding carboxylic acids is 1. The van der Waals surface area contributed by atoms with Crippen LogP contribution in [0, 0.1) is 0 Å². The van der Waals surface area contributed by atoms with E-state index in [1.165, 1.54) is 6.92 Å². The molecule has 2 rings (SSSR count). The molecule has 0 atom stereocenters. The standard InChI is InChI=1S/C11H12N2O4/c1-7(14)16-8-3-2-4-9-10(8)11(13-17-9)15-6-5-12/h2-4H,5-6,12H2,1H3. The van der Waals surface area contributed by atoms with Gasteiger partial charge in [0.25, 0.3) is 5.88 Å². The fraction of sp³-hybridized carbons (Fsp3) is 0.273. The monoisotopic (exact) mass is 236 g/mol. The van der Waals surface area contributed by atoms with E-state index in [9.17, 15) is 4.79 Å². The van der Waals surface area contributed by atoms with E-state index < -0.39 is 5.97 Å². The SMILES string of the molecule is CC(=O)Oc1cccc2onc(OCCN)c12. The fourth-order valence-corrected chi connectivity index (χ4v) is 1.43.